The van der Waals surface area contributed by atoms with Gasteiger partial charge in [-0.1, -0.05) is 41.9 Å². The molecule has 0 bridgehead atoms. The van der Waals surface area contributed by atoms with Crippen LogP contribution in [0.15, 0.2) is 59.5 Å². The van der Waals surface area contributed by atoms with Crippen LogP contribution in [0.1, 0.15) is 11.7 Å². The number of hydrogen-bond donors (Lipinski definition) is 0. The summed E-state index contributed by atoms with van der Waals surface area (Å²) in [7, 11) is -3.81. The van der Waals surface area contributed by atoms with Crippen LogP contribution in [-0.4, -0.2) is 67.9 Å². The lowest BCUT2D eigenvalue weighted by Crippen LogP contribution is -2.49. The van der Waals surface area contributed by atoms with Crippen molar-refractivity contribution in [3.63, 3.8) is 0 Å². The number of hydrogen-bond acceptors (Lipinski definition) is 4. The van der Waals surface area contributed by atoms with Crippen LogP contribution in [0.4, 0.5) is 4.79 Å². The van der Waals surface area contributed by atoms with Crippen LogP contribution >= 0.6 is 11.6 Å². The summed E-state index contributed by atoms with van der Waals surface area (Å²) < 4.78 is 33.5. The van der Waals surface area contributed by atoms with Crippen molar-refractivity contribution in [2.24, 2.45) is 0 Å². The smallest absolute Gasteiger partial charge is 0.321 e. The van der Waals surface area contributed by atoms with E-state index in [9.17, 15) is 13.2 Å². The monoisotopic (exact) mass is 435 g/mol. The van der Waals surface area contributed by atoms with Crippen LogP contribution in [0.3, 0.4) is 0 Å². The molecule has 2 aromatic carbocycles. The maximum absolute atomic E-state index is 13.4. The van der Waals surface area contributed by atoms with Gasteiger partial charge in [0, 0.05) is 31.2 Å². The number of nitrogens with zero attached hydrogens (tertiary/aromatic N) is 3. The van der Waals surface area contributed by atoms with E-state index >= 15 is 0 Å². The molecule has 2 amide bonds. The molecule has 0 aliphatic carbocycles. The summed E-state index contributed by atoms with van der Waals surface area (Å²) in [5.74, 6) is 0. The molecule has 0 aromatic heterocycles. The van der Waals surface area contributed by atoms with E-state index in [1.54, 1.807) is 21.9 Å². The first kappa shape index (κ1) is 20.2. The minimum absolute atomic E-state index is 0.156. The Hall–Kier alpha value is -2.13. The van der Waals surface area contributed by atoms with E-state index in [-0.39, 0.29) is 17.5 Å². The summed E-state index contributed by atoms with van der Waals surface area (Å²) in [6.45, 7) is 2.52. The molecule has 0 radical (unpaired) electrons. The van der Waals surface area contributed by atoms with Gasteiger partial charge in [-0.15, -0.1) is 0 Å². The van der Waals surface area contributed by atoms with E-state index in [1.807, 2.05) is 30.3 Å². The first-order valence-corrected chi connectivity index (χ1v) is 11.3. The summed E-state index contributed by atoms with van der Waals surface area (Å²) in [6.07, 6.45) is -0.702. The largest absolute Gasteiger partial charge is 0.378 e. The van der Waals surface area contributed by atoms with Gasteiger partial charge in [-0.2, -0.15) is 4.31 Å². The second-order valence-electron chi connectivity index (χ2n) is 6.93. The normalized spacial score (nSPS) is 20.8. The van der Waals surface area contributed by atoms with E-state index in [4.69, 9.17) is 16.3 Å². The van der Waals surface area contributed by atoms with Crippen LogP contribution in [0.2, 0.25) is 5.02 Å². The van der Waals surface area contributed by atoms with Crippen LogP contribution < -0.4 is 0 Å². The van der Waals surface area contributed by atoms with Gasteiger partial charge in [-0.25, -0.2) is 13.2 Å². The highest BCUT2D eigenvalue weighted by atomic mass is 35.5. The van der Waals surface area contributed by atoms with Gasteiger partial charge in [0.1, 0.15) is 6.17 Å². The van der Waals surface area contributed by atoms with Crippen LogP contribution in [-0.2, 0) is 14.8 Å². The molecule has 0 saturated carbocycles. The minimum atomic E-state index is -3.81. The summed E-state index contributed by atoms with van der Waals surface area (Å²) in [4.78, 5) is 16.7. The summed E-state index contributed by atoms with van der Waals surface area (Å²) >= 11 is 5.92. The Morgan fingerprint density at radius 2 is 1.59 bits per heavy atom. The predicted molar refractivity (Wildman–Crippen MR) is 109 cm³/mol. The molecule has 4 rings (SSSR count). The van der Waals surface area contributed by atoms with E-state index in [2.05, 4.69) is 0 Å². The van der Waals surface area contributed by atoms with Gasteiger partial charge in [0.15, 0.2) is 0 Å². The molecular formula is C20H22ClN3O4S. The summed E-state index contributed by atoms with van der Waals surface area (Å²) in [5.41, 5.74) is 0.754. The first-order chi connectivity index (χ1) is 14.0. The van der Waals surface area contributed by atoms with Gasteiger partial charge in [-0.3, -0.25) is 0 Å². The molecule has 0 spiro atoms. The first-order valence-electron chi connectivity index (χ1n) is 9.44. The zero-order valence-electron chi connectivity index (χ0n) is 15.8. The molecule has 0 N–H and O–H groups in total. The average molecular weight is 436 g/mol. The maximum atomic E-state index is 13.4. The topological polar surface area (TPSA) is 70.2 Å². The summed E-state index contributed by atoms with van der Waals surface area (Å²) in [5, 5.41) is 0.467. The number of amides is 2. The number of urea groups is 1. The molecule has 2 aliphatic rings. The Morgan fingerprint density at radius 3 is 2.24 bits per heavy atom. The van der Waals surface area contributed by atoms with Crippen molar-refractivity contribution in [1.29, 1.82) is 0 Å². The number of carbonyl (C=O) groups excluding carboxylic acids is 1. The number of rotatable bonds is 3. The number of sulfonamides is 1. The third kappa shape index (κ3) is 3.98. The number of morpholine rings is 1. The van der Waals surface area contributed by atoms with Gasteiger partial charge in [0.05, 0.1) is 18.1 Å². The van der Waals surface area contributed by atoms with Crippen molar-refractivity contribution in [2.75, 3.05) is 39.4 Å². The lowest BCUT2D eigenvalue weighted by molar-refractivity contribution is 0.0400. The summed E-state index contributed by atoms with van der Waals surface area (Å²) in [6, 6.07) is 15.2. The fraction of sp³-hybridized carbons (Fsp3) is 0.350. The average Bonchev–Trinajstić information content (AvgIpc) is 3.21. The van der Waals surface area contributed by atoms with Crippen molar-refractivity contribution in [3.8, 4) is 0 Å². The standard InChI is InChI=1S/C20H22ClN3O4S/c21-17-6-8-18(9-7-17)29(26,27)24-11-10-23(19(24)16-4-2-1-3-5-16)20(25)22-12-14-28-15-13-22/h1-9,19H,10-15H2. The molecule has 7 nitrogen and oxygen atoms in total. The zero-order valence-corrected chi connectivity index (χ0v) is 17.3. The molecular weight excluding hydrogens is 414 g/mol. The molecule has 2 aliphatic heterocycles. The van der Waals surface area contributed by atoms with Crippen molar-refractivity contribution in [2.45, 2.75) is 11.1 Å². The SMILES string of the molecule is O=C(N1CCOCC1)N1CCN(S(=O)(=O)c2ccc(Cl)cc2)C1c1ccccc1. The third-order valence-electron chi connectivity index (χ3n) is 5.17. The number of ether oxygens (including phenoxy) is 1. The predicted octanol–water partition coefficient (Wildman–Crippen LogP) is 2.80. The second kappa shape index (κ2) is 8.31. The molecule has 2 fully saturated rings. The molecule has 2 saturated heterocycles. The van der Waals surface area contributed by atoms with E-state index in [0.717, 1.165) is 5.56 Å². The van der Waals surface area contributed by atoms with E-state index < -0.39 is 16.2 Å². The molecule has 2 heterocycles. The van der Waals surface area contributed by atoms with Gasteiger partial charge in [-0.05, 0) is 29.8 Å². The number of halogens is 1. The molecule has 1 atom stereocenters. The van der Waals surface area contributed by atoms with Crippen molar-refractivity contribution >= 4 is 27.7 Å². The van der Waals surface area contributed by atoms with Crippen LogP contribution in [0, 0.1) is 0 Å². The highest BCUT2D eigenvalue weighted by molar-refractivity contribution is 7.89. The van der Waals surface area contributed by atoms with Crippen LogP contribution in [0.5, 0.6) is 0 Å². The van der Waals surface area contributed by atoms with Gasteiger partial charge >= 0.3 is 6.03 Å². The molecule has 1 unspecified atom stereocenters. The maximum Gasteiger partial charge on any atom is 0.321 e. The Morgan fingerprint density at radius 1 is 0.931 bits per heavy atom. The molecule has 9 heteroatoms. The zero-order chi connectivity index (χ0) is 20.4. The van der Waals surface area contributed by atoms with E-state index in [0.29, 0.717) is 37.9 Å². The van der Waals surface area contributed by atoms with Gasteiger partial charge in [0.2, 0.25) is 10.0 Å². The van der Waals surface area contributed by atoms with Crippen molar-refractivity contribution < 1.29 is 17.9 Å². The fourth-order valence-electron chi connectivity index (χ4n) is 3.71. The van der Waals surface area contributed by atoms with Crippen molar-refractivity contribution in [3.05, 3.63) is 65.2 Å². The third-order valence-corrected chi connectivity index (χ3v) is 7.29. The van der Waals surface area contributed by atoms with E-state index in [1.165, 1.54) is 16.4 Å². The second-order valence-corrected chi connectivity index (χ2v) is 9.26. The Kier molecular flexibility index (Phi) is 5.78. The minimum Gasteiger partial charge on any atom is -0.378 e. The Bertz CT molecular complexity index is 963. The highest BCUT2D eigenvalue weighted by Gasteiger charge is 2.44. The Balaban J connectivity index is 1.70. The lowest BCUT2D eigenvalue weighted by atomic mass is 10.1. The fourth-order valence-corrected chi connectivity index (χ4v) is 5.41. The van der Waals surface area contributed by atoms with Gasteiger partial charge < -0.3 is 14.5 Å². The quantitative estimate of drug-likeness (QED) is 0.743. The Labute approximate surface area is 175 Å². The lowest BCUT2D eigenvalue weighted by Gasteiger charge is -2.35. The van der Waals surface area contributed by atoms with Gasteiger partial charge in [0.25, 0.3) is 0 Å². The van der Waals surface area contributed by atoms with Crippen LogP contribution in [0.25, 0.3) is 0 Å². The number of benzene rings is 2. The molecule has 29 heavy (non-hydrogen) atoms. The molecule has 154 valence electrons. The number of carbonyl (C=O) groups is 1. The molecule has 2 aromatic rings. The highest BCUT2D eigenvalue weighted by Crippen LogP contribution is 2.36. The van der Waals surface area contributed by atoms with Crippen molar-refractivity contribution in [1.82, 2.24) is 14.1 Å².